The van der Waals surface area contributed by atoms with Gasteiger partial charge in [0.25, 0.3) is 5.56 Å². The van der Waals surface area contributed by atoms with Crippen LogP contribution in [0.3, 0.4) is 0 Å². The third kappa shape index (κ3) is 3.06. The van der Waals surface area contributed by atoms with Gasteiger partial charge in [0.05, 0.1) is 6.61 Å². The van der Waals surface area contributed by atoms with Crippen LogP contribution in [0.1, 0.15) is 6.92 Å². The lowest BCUT2D eigenvalue weighted by molar-refractivity contribution is 0.190. The number of aromatic nitrogens is 2. The summed E-state index contributed by atoms with van der Waals surface area (Å²) < 4.78 is 4.90. The van der Waals surface area contributed by atoms with Gasteiger partial charge < -0.3 is 10.1 Å². The highest BCUT2D eigenvalue weighted by Crippen LogP contribution is 1.97. The Labute approximate surface area is 80.3 Å². The van der Waals surface area contributed by atoms with E-state index < -0.39 is 11.2 Å². The Morgan fingerprint density at radius 1 is 1.50 bits per heavy atom. The molecule has 6 nitrogen and oxygen atoms in total. The zero-order valence-corrected chi connectivity index (χ0v) is 8.09. The first kappa shape index (κ1) is 10.5. The summed E-state index contributed by atoms with van der Waals surface area (Å²) in [6.45, 7) is 2.37. The Bertz CT molecular complexity index is 367. The molecule has 0 fully saturated rings. The van der Waals surface area contributed by atoms with Crippen molar-refractivity contribution in [3.8, 4) is 0 Å². The molecular weight excluding hydrogens is 186 g/mol. The molecule has 0 bridgehead atoms. The predicted octanol–water partition coefficient (Wildman–Crippen LogP) is -0.490. The maximum absolute atomic E-state index is 10.9. The van der Waals surface area contributed by atoms with Crippen molar-refractivity contribution < 1.29 is 4.74 Å². The van der Waals surface area contributed by atoms with Crippen molar-refractivity contribution in [3.05, 3.63) is 26.9 Å². The molecule has 1 rings (SSSR count). The summed E-state index contributed by atoms with van der Waals surface area (Å²) in [5.74, 6) is 0.392. The SMILES string of the molecule is COC[C@@H](C)Nc1cc(=O)[nH]c(=O)[nH]1. The fraction of sp³-hybridized carbons (Fsp3) is 0.500. The summed E-state index contributed by atoms with van der Waals surface area (Å²) in [5.41, 5.74) is -0.953. The van der Waals surface area contributed by atoms with Crippen molar-refractivity contribution in [1.82, 2.24) is 9.97 Å². The number of hydrogen-bond acceptors (Lipinski definition) is 4. The second-order valence-corrected chi connectivity index (χ2v) is 3.00. The molecule has 14 heavy (non-hydrogen) atoms. The Kier molecular flexibility index (Phi) is 3.47. The molecule has 0 saturated heterocycles. The van der Waals surface area contributed by atoms with Gasteiger partial charge in [-0.15, -0.1) is 0 Å². The van der Waals surface area contributed by atoms with Gasteiger partial charge in [-0.2, -0.15) is 0 Å². The third-order valence-corrected chi connectivity index (χ3v) is 1.58. The Morgan fingerprint density at radius 3 is 2.79 bits per heavy atom. The minimum atomic E-state index is -0.524. The van der Waals surface area contributed by atoms with Gasteiger partial charge in [-0.1, -0.05) is 0 Å². The summed E-state index contributed by atoms with van der Waals surface area (Å²) in [6, 6.07) is 1.31. The first-order valence-corrected chi connectivity index (χ1v) is 4.21. The minimum Gasteiger partial charge on any atom is -0.383 e. The van der Waals surface area contributed by atoms with Crippen LogP contribution < -0.4 is 16.6 Å². The van der Waals surface area contributed by atoms with Crippen LogP contribution in [-0.4, -0.2) is 29.7 Å². The highest BCUT2D eigenvalue weighted by molar-refractivity contribution is 5.32. The Balaban J connectivity index is 2.76. The molecular formula is C8H13N3O3. The fourth-order valence-corrected chi connectivity index (χ4v) is 1.10. The molecule has 0 radical (unpaired) electrons. The lowest BCUT2D eigenvalue weighted by atomic mass is 10.3. The number of nitrogens with one attached hydrogen (secondary N) is 3. The molecule has 6 heteroatoms. The average Bonchev–Trinajstić information content (AvgIpc) is 2.01. The number of methoxy groups -OCH3 is 1. The van der Waals surface area contributed by atoms with Crippen molar-refractivity contribution in [3.63, 3.8) is 0 Å². The van der Waals surface area contributed by atoms with E-state index in [0.717, 1.165) is 0 Å². The summed E-state index contributed by atoms with van der Waals surface area (Å²) in [6.07, 6.45) is 0. The van der Waals surface area contributed by atoms with E-state index in [1.807, 2.05) is 6.92 Å². The molecule has 1 aromatic rings. The van der Waals surface area contributed by atoms with Crippen LogP contribution >= 0.6 is 0 Å². The zero-order chi connectivity index (χ0) is 10.6. The van der Waals surface area contributed by atoms with E-state index in [2.05, 4.69) is 15.3 Å². The summed E-state index contributed by atoms with van der Waals surface area (Å²) in [7, 11) is 1.58. The Hall–Kier alpha value is -1.56. The molecule has 0 spiro atoms. The highest BCUT2D eigenvalue weighted by atomic mass is 16.5. The highest BCUT2D eigenvalue weighted by Gasteiger charge is 2.02. The number of ether oxygens (including phenoxy) is 1. The van der Waals surface area contributed by atoms with E-state index in [-0.39, 0.29) is 6.04 Å². The van der Waals surface area contributed by atoms with Crippen molar-refractivity contribution in [2.24, 2.45) is 0 Å². The van der Waals surface area contributed by atoms with Gasteiger partial charge in [0.1, 0.15) is 5.82 Å². The number of rotatable bonds is 4. The molecule has 3 N–H and O–H groups in total. The van der Waals surface area contributed by atoms with Crippen molar-refractivity contribution in [1.29, 1.82) is 0 Å². The average molecular weight is 199 g/mol. The summed E-state index contributed by atoms with van der Waals surface area (Å²) in [5, 5.41) is 2.92. The van der Waals surface area contributed by atoms with E-state index in [1.165, 1.54) is 6.07 Å². The van der Waals surface area contributed by atoms with Crippen LogP contribution in [0.5, 0.6) is 0 Å². The van der Waals surface area contributed by atoms with Crippen LogP contribution in [-0.2, 0) is 4.74 Å². The molecule has 1 heterocycles. The molecule has 0 amide bonds. The van der Waals surface area contributed by atoms with Gasteiger partial charge in [0.2, 0.25) is 0 Å². The Morgan fingerprint density at radius 2 is 2.21 bits per heavy atom. The molecule has 1 atom stereocenters. The van der Waals surface area contributed by atoms with Gasteiger partial charge in [-0.3, -0.25) is 14.8 Å². The largest absolute Gasteiger partial charge is 0.383 e. The van der Waals surface area contributed by atoms with Crippen molar-refractivity contribution in [2.45, 2.75) is 13.0 Å². The normalized spacial score (nSPS) is 12.4. The van der Waals surface area contributed by atoms with E-state index in [4.69, 9.17) is 4.74 Å². The van der Waals surface area contributed by atoms with Crippen LogP contribution in [0.4, 0.5) is 5.82 Å². The number of hydrogen-bond donors (Lipinski definition) is 3. The standard InChI is InChI=1S/C8H13N3O3/c1-5(4-14-2)9-6-3-7(12)11-8(13)10-6/h3,5H,4H2,1-2H3,(H3,9,10,11,12,13)/t5-/m1/s1. The number of aromatic amines is 2. The first-order valence-electron chi connectivity index (χ1n) is 4.21. The quantitative estimate of drug-likeness (QED) is 0.610. The van der Waals surface area contributed by atoms with E-state index in [1.54, 1.807) is 7.11 Å². The number of anilines is 1. The van der Waals surface area contributed by atoms with Gasteiger partial charge in [0, 0.05) is 19.2 Å². The minimum absolute atomic E-state index is 0.0254. The molecule has 0 aliphatic heterocycles. The van der Waals surface area contributed by atoms with Crippen LogP contribution in [0.2, 0.25) is 0 Å². The van der Waals surface area contributed by atoms with Crippen molar-refractivity contribution >= 4 is 5.82 Å². The monoisotopic (exact) mass is 199 g/mol. The topological polar surface area (TPSA) is 87.0 Å². The molecule has 0 aromatic carbocycles. The molecule has 0 saturated carbocycles. The number of H-pyrrole nitrogens is 2. The summed E-state index contributed by atoms with van der Waals surface area (Å²) >= 11 is 0. The molecule has 0 aliphatic carbocycles. The van der Waals surface area contributed by atoms with E-state index >= 15 is 0 Å². The summed E-state index contributed by atoms with van der Waals surface area (Å²) in [4.78, 5) is 26.3. The van der Waals surface area contributed by atoms with Crippen LogP contribution in [0.25, 0.3) is 0 Å². The van der Waals surface area contributed by atoms with Crippen LogP contribution in [0, 0.1) is 0 Å². The lowest BCUT2D eigenvalue weighted by Gasteiger charge is -2.12. The van der Waals surface area contributed by atoms with E-state index in [0.29, 0.717) is 12.4 Å². The fourth-order valence-electron chi connectivity index (χ4n) is 1.10. The molecule has 1 aromatic heterocycles. The van der Waals surface area contributed by atoms with Crippen molar-refractivity contribution in [2.75, 3.05) is 19.0 Å². The first-order chi connectivity index (χ1) is 6.61. The van der Waals surface area contributed by atoms with Crippen LogP contribution in [0.15, 0.2) is 15.7 Å². The third-order valence-electron chi connectivity index (χ3n) is 1.58. The zero-order valence-electron chi connectivity index (χ0n) is 8.09. The van der Waals surface area contributed by atoms with Gasteiger partial charge >= 0.3 is 5.69 Å². The van der Waals surface area contributed by atoms with Gasteiger partial charge in [-0.05, 0) is 6.92 Å². The maximum atomic E-state index is 10.9. The van der Waals surface area contributed by atoms with E-state index in [9.17, 15) is 9.59 Å². The second-order valence-electron chi connectivity index (χ2n) is 3.00. The smallest absolute Gasteiger partial charge is 0.327 e. The molecule has 78 valence electrons. The predicted molar refractivity (Wildman–Crippen MR) is 52.6 cm³/mol. The molecule has 0 aliphatic rings. The second kappa shape index (κ2) is 4.61. The lowest BCUT2D eigenvalue weighted by Crippen LogP contribution is -2.27. The van der Waals surface area contributed by atoms with Gasteiger partial charge in [-0.25, -0.2) is 4.79 Å². The maximum Gasteiger partial charge on any atom is 0.327 e. The van der Waals surface area contributed by atoms with Gasteiger partial charge in [0.15, 0.2) is 0 Å². The molecule has 0 unspecified atom stereocenters.